The van der Waals surface area contributed by atoms with Gasteiger partial charge in [0, 0.05) is 0 Å². The van der Waals surface area contributed by atoms with Crippen LogP contribution < -0.4 is 5.73 Å². The fourth-order valence-electron chi connectivity index (χ4n) is 2.12. The van der Waals surface area contributed by atoms with Crippen LogP contribution >= 0.6 is 0 Å². The van der Waals surface area contributed by atoms with E-state index in [9.17, 15) is 4.79 Å². The minimum absolute atomic E-state index is 0.0464. The molecule has 0 aliphatic carbocycles. The minimum Gasteiger partial charge on any atom is -0.464 e. The molecule has 0 spiro atoms. The van der Waals surface area contributed by atoms with Gasteiger partial charge in [-0.05, 0) is 36.5 Å². The van der Waals surface area contributed by atoms with Crippen LogP contribution in [0.4, 0.5) is 0 Å². The summed E-state index contributed by atoms with van der Waals surface area (Å²) in [5, 5.41) is 0. The molecule has 0 saturated heterocycles. The summed E-state index contributed by atoms with van der Waals surface area (Å²) in [5.41, 5.74) is 9.82. The number of hydrogen-bond acceptors (Lipinski definition) is 4. The molecule has 0 saturated carbocycles. The standard InChI is InChI=1S/C16H25NO3/c1-4-12-7-8-14(9-13(12)5-2)15(17)10-19-11-16(18)20-6-3/h7-9,15H,4-6,10-11,17H2,1-3H3. The third-order valence-corrected chi connectivity index (χ3v) is 3.24. The highest BCUT2D eigenvalue weighted by Crippen LogP contribution is 2.18. The highest BCUT2D eigenvalue weighted by atomic mass is 16.6. The summed E-state index contributed by atoms with van der Waals surface area (Å²) in [6.45, 7) is 6.69. The van der Waals surface area contributed by atoms with Crippen molar-refractivity contribution in [1.29, 1.82) is 0 Å². The molecule has 20 heavy (non-hydrogen) atoms. The van der Waals surface area contributed by atoms with Gasteiger partial charge < -0.3 is 15.2 Å². The summed E-state index contributed by atoms with van der Waals surface area (Å²) < 4.78 is 10.1. The van der Waals surface area contributed by atoms with Crippen LogP contribution in [0.1, 0.15) is 43.5 Å². The lowest BCUT2D eigenvalue weighted by Gasteiger charge is -2.15. The number of carbonyl (C=O) groups excluding carboxylic acids is 1. The Morgan fingerprint density at radius 1 is 1.20 bits per heavy atom. The molecule has 2 N–H and O–H groups in total. The predicted molar refractivity (Wildman–Crippen MR) is 79.6 cm³/mol. The van der Waals surface area contributed by atoms with Gasteiger partial charge in [-0.1, -0.05) is 32.0 Å². The number of hydrogen-bond donors (Lipinski definition) is 1. The first kappa shape index (κ1) is 16.7. The number of ether oxygens (including phenoxy) is 2. The number of aryl methyl sites for hydroxylation is 2. The molecule has 0 aromatic heterocycles. The van der Waals surface area contributed by atoms with Crippen molar-refractivity contribution in [3.05, 3.63) is 34.9 Å². The number of nitrogens with two attached hydrogens (primary N) is 1. The maximum atomic E-state index is 11.2. The zero-order chi connectivity index (χ0) is 15.0. The van der Waals surface area contributed by atoms with Gasteiger partial charge in [0.05, 0.1) is 19.3 Å². The Hall–Kier alpha value is -1.39. The van der Waals surface area contributed by atoms with Gasteiger partial charge in [0.1, 0.15) is 6.61 Å². The molecule has 1 atom stereocenters. The fourth-order valence-corrected chi connectivity index (χ4v) is 2.12. The number of benzene rings is 1. The molecule has 1 rings (SSSR count). The van der Waals surface area contributed by atoms with E-state index >= 15 is 0 Å². The van der Waals surface area contributed by atoms with Crippen LogP contribution in [0.3, 0.4) is 0 Å². The van der Waals surface area contributed by atoms with Crippen molar-refractivity contribution in [3.63, 3.8) is 0 Å². The van der Waals surface area contributed by atoms with E-state index in [1.165, 1.54) is 11.1 Å². The Morgan fingerprint density at radius 2 is 1.90 bits per heavy atom. The smallest absolute Gasteiger partial charge is 0.332 e. The molecule has 4 heteroatoms. The van der Waals surface area contributed by atoms with E-state index in [0.29, 0.717) is 13.2 Å². The molecule has 0 aliphatic heterocycles. The average Bonchev–Trinajstić information content (AvgIpc) is 2.46. The quantitative estimate of drug-likeness (QED) is 0.742. The number of carbonyl (C=O) groups is 1. The topological polar surface area (TPSA) is 61.5 Å². The molecular weight excluding hydrogens is 254 g/mol. The summed E-state index contributed by atoms with van der Waals surface area (Å²) in [5.74, 6) is -0.352. The molecule has 0 bridgehead atoms. The Kier molecular flexibility index (Phi) is 7.26. The summed E-state index contributed by atoms with van der Waals surface area (Å²) >= 11 is 0. The number of rotatable bonds is 8. The summed E-state index contributed by atoms with van der Waals surface area (Å²) in [7, 11) is 0. The monoisotopic (exact) mass is 279 g/mol. The Balaban J connectivity index is 2.55. The third-order valence-electron chi connectivity index (χ3n) is 3.24. The van der Waals surface area contributed by atoms with Crippen LogP contribution in [0.2, 0.25) is 0 Å². The van der Waals surface area contributed by atoms with Crippen LogP contribution in [0.5, 0.6) is 0 Å². The van der Waals surface area contributed by atoms with Crippen LogP contribution in [0, 0.1) is 0 Å². The van der Waals surface area contributed by atoms with E-state index in [-0.39, 0.29) is 18.6 Å². The van der Waals surface area contributed by atoms with E-state index < -0.39 is 0 Å². The molecule has 1 unspecified atom stereocenters. The normalized spacial score (nSPS) is 12.2. The molecule has 0 heterocycles. The lowest BCUT2D eigenvalue weighted by molar-refractivity contribution is -0.148. The van der Waals surface area contributed by atoms with E-state index in [1.54, 1.807) is 6.92 Å². The zero-order valence-electron chi connectivity index (χ0n) is 12.6. The van der Waals surface area contributed by atoms with Crippen molar-refractivity contribution < 1.29 is 14.3 Å². The minimum atomic E-state index is -0.352. The summed E-state index contributed by atoms with van der Waals surface area (Å²) in [4.78, 5) is 11.2. The maximum absolute atomic E-state index is 11.2. The maximum Gasteiger partial charge on any atom is 0.332 e. The molecular formula is C16H25NO3. The van der Waals surface area contributed by atoms with Crippen LogP contribution in [-0.4, -0.2) is 25.8 Å². The van der Waals surface area contributed by atoms with Crippen LogP contribution in [0.25, 0.3) is 0 Å². The lowest BCUT2D eigenvalue weighted by Crippen LogP contribution is -2.21. The zero-order valence-corrected chi connectivity index (χ0v) is 12.6. The SMILES string of the molecule is CCOC(=O)COCC(N)c1ccc(CC)c(CC)c1. The van der Waals surface area contributed by atoms with Crippen LogP contribution in [-0.2, 0) is 27.1 Å². The lowest BCUT2D eigenvalue weighted by atomic mass is 9.97. The first-order valence-electron chi connectivity index (χ1n) is 7.22. The summed E-state index contributed by atoms with van der Waals surface area (Å²) in [6.07, 6.45) is 2.02. The van der Waals surface area contributed by atoms with Crippen LogP contribution in [0.15, 0.2) is 18.2 Å². The largest absolute Gasteiger partial charge is 0.464 e. The van der Waals surface area contributed by atoms with E-state index in [0.717, 1.165) is 18.4 Å². The molecule has 0 aliphatic rings. The highest BCUT2D eigenvalue weighted by Gasteiger charge is 2.10. The first-order chi connectivity index (χ1) is 9.62. The van der Waals surface area contributed by atoms with E-state index in [1.807, 2.05) is 6.07 Å². The van der Waals surface area contributed by atoms with Gasteiger partial charge in [-0.3, -0.25) is 0 Å². The Bertz CT molecular complexity index is 432. The van der Waals surface area contributed by atoms with Crippen molar-refractivity contribution in [1.82, 2.24) is 0 Å². The molecule has 1 aromatic rings. The molecule has 112 valence electrons. The van der Waals surface area contributed by atoms with Crippen molar-refractivity contribution in [3.8, 4) is 0 Å². The van der Waals surface area contributed by atoms with Gasteiger partial charge in [-0.2, -0.15) is 0 Å². The second-order valence-corrected chi connectivity index (χ2v) is 4.66. The summed E-state index contributed by atoms with van der Waals surface area (Å²) in [6, 6.07) is 6.08. The molecule has 1 aromatic carbocycles. The predicted octanol–water partition coefficient (Wildman–Crippen LogP) is 2.39. The van der Waals surface area contributed by atoms with Crippen molar-refractivity contribution >= 4 is 5.97 Å². The second-order valence-electron chi connectivity index (χ2n) is 4.66. The van der Waals surface area contributed by atoms with Crippen molar-refractivity contribution in [2.24, 2.45) is 5.73 Å². The van der Waals surface area contributed by atoms with Gasteiger partial charge >= 0.3 is 5.97 Å². The van der Waals surface area contributed by atoms with Gasteiger partial charge in [0.15, 0.2) is 0 Å². The van der Waals surface area contributed by atoms with Gasteiger partial charge in [0.2, 0.25) is 0 Å². The van der Waals surface area contributed by atoms with Crippen molar-refractivity contribution in [2.45, 2.75) is 39.7 Å². The Labute approximate surface area is 121 Å². The van der Waals surface area contributed by atoms with Crippen molar-refractivity contribution in [2.75, 3.05) is 19.8 Å². The van der Waals surface area contributed by atoms with Gasteiger partial charge in [-0.15, -0.1) is 0 Å². The first-order valence-corrected chi connectivity index (χ1v) is 7.22. The van der Waals surface area contributed by atoms with Gasteiger partial charge in [-0.25, -0.2) is 4.79 Å². The van der Waals surface area contributed by atoms with E-state index in [2.05, 4.69) is 26.0 Å². The Morgan fingerprint density at radius 3 is 2.50 bits per heavy atom. The molecule has 4 nitrogen and oxygen atoms in total. The molecule has 0 radical (unpaired) electrons. The fraction of sp³-hybridized carbons (Fsp3) is 0.562. The highest BCUT2D eigenvalue weighted by molar-refractivity contribution is 5.70. The van der Waals surface area contributed by atoms with E-state index in [4.69, 9.17) is 15.2 Å². The second kappa shape index (κ2) is 8.72. The number of esters is 1. The third kappa shape index (κ3) is 4.94. The van der Waals surface area contributed by atoms with Gasteiger partial charge in [0.25, 0.3) is 0 Å². The molecule has 0 fully saturated rings. The molecule has 0 amide bonds. The average molecular weight is 279 g/mol.